The van der Waals surface area contributed by atoms with Crippen LogP contribution in [0.1, 0.15) is 23.6 Å². The fourth-order valence-corrected chi connectivity index (χ4v) is 9.16. The van der Waals surface area contributed by atoms with Crippen LogP contribution in [0.4, 0.5) is 0 Å². The molecule has 7 aromatic carbocycles. The maximum Gasteiger partial charge on any atom is 0.160 e. The highest BCUT2D eigenvalue weighted by Crippen LogP contribution is 2.40. The topological polar surface area (TPSA) is 64.7 Å². The number of aromatic nitrogens is 3. The Balaban J connectivity index is 0.000000260. The average molecular weight is 791 g/mol. The van der Waals surface area contributed by atoms with E-state index >= 15 is 0 Å². The molecular formula is C55H42N4S. The van der Waals surface area contributed by atoms with Gasteiger partial charge in [-0.05, 0) is 109 Å². The first-order valence-corrected chi connectivity index (χ1v) is 20.7. The van der Waals surface area contributed by atoms with Crippen molar-refractivity contribution in [2.24, 2.45) is 5.73 Å². The zero-order valence-electron chi connectivity index (χ0n) is 33.6. The number of allylic oxidation sites excluding steroid dienone is 1. The van der Waals surface area contributed by atoms with E-state index in [9.17, 15) is 0 Å². The van der Waals surface area contributed by atoms with E-state index in [-0.39, 0.29) is 0 Å². The van der Waals surface area contributed by atoms with Gasteiger partial charge < -0.3 is 5.73 Å². The largest absolute Gasteiger partial charge is 0.399 e. The minimum absolute atomic E-state index is 0.590. The Labute approximate surface area is 353 Å². The van der Waals surface area contributed by atoms with Gasteiger partial charge in [0.15, 0.2) is 5.82 Å². The Kier molecular flexibility index (Phi) is 10.2. The molecule has 0 saturated heterocycles. The molecule has 0 spiro atoms. The Morgan fingerprint density at radius 1 is 0.683 bits per heavy atom. The molecule has 0 amide bonds. The van der Waals surface area contributed by atoms with Gasteiger partial charge in [0.2, 0.25) is 0 Å². The molecule has 10 aromatic rings. The van der Waals surface area contributed by atoms with Crippen LogP contribution in [0.5, 0.6) is 0 Å². The second kappa shape index (κ2) is 16.1. The lowest BCUT2D eigenvalue weighted by Gasteiger charge is -2.13. The number of benzene rings is 7. The van der Waals surface area contributed by atoms with Gasteiger partial charge in [0.05, 0.1) is 15.9 Å². The van der Waals surface area contributed by atoms with Gasteiger partial charge in [-0.3, -0.25) is 4.98 Å². The van der Waals surface area contributed by atoms with Crippen molar-refractivity contribution >= 4 is 77.1 Å². The van der Waals surface area contributed by atoms with Gasteiger partial charge in [-0.15, -0.1) is 11.3 Å². The number of hydrogen-bond donors (Lipinski definition) is 1. The van der Waals surface area contributed by atoms with E-state index in [1.165, 1.54) is 53.4 Å². The van der Waals surface area contributed by atoms with Crippen molar-refractivity contribution < 1.29 is 0 Å². The first-order valence-electron chi connectivity index (χ1n) is 19.9. The second-order valence-corrected chi connectivity index (χ2v) is 16.0. The summed E-state index contributed by atoms with van der Waals surface area (Å²) in [7, 11) is 0. The molecule has 0 radical (unpaired) electrons. The molecule has 3 heterocycles. The zero-order chi connectivity index (χ0) is 41.3. The van der Waals surface area contributed by atoms with E-state index in [2.05, 4.69) is 148 Å². The van der Waals surface area contributed by atoms with E-state index in [0.29, 0.717) is 5.70 Å². The van der Waals surface area contributed by atoms with Crippen LogP contribution in [0.3, 0.4) is 0 Å². The number of rotatable bonds is 6. The number of hydrogen-bond acceptors (Lipinski definition) is 5. The van der Waals surface area contributed by atoms with Gasteiger partial charge in [-0.25, -0.2) is 9.97 Å². The summed E-state index contributed by atoms with van der Waals surface area (Å²) in [4.78, 5) is 14.6. The van der Waals surface area contributed by atoms with Crippen molar-refractivity contribution in [1.29, 1.82) is 0 Å². The first kappa shape index (κ1) is 38.1. The van der Waals surface area contributed by atoms with Crippen LogP contribution in [0.15, 0.2) is 177 Å². The van der Waals surface area contributed by atoms with Crippen LogP contribution in [0, 0.1) is 6.92 Å². The molecule has 60 heavy (non-hydrogen) atoms. The molecule has 0 aliphatic carbocycles. The Hall–Kier alpha value is -7.47. The normalized spacial score (nSPS) is 12.1. The predicted octanol–water partition coefficient (Wildman–Crippen LogP) is 11.8. The Bertz CT molecular complexity index is 3420. The molecule has 2 N–H and O–H groups in total. The molecule has 0 atom stereocenters. The molecule has 10 rings (SSSR count). The van der Waals surface area contributed by atoms with E-state index in [1.54, 1.807) is 17.5 Å². The summed E-state index contributed by atoms with van der Waals surface area (Å²) < 4.78 is 2.32. The lowest BCUT2D eigenvalue weighted by atomic mass is 9.93. The summed E-state index contributed by atoms with van der Waals surface area (Å²) in [6.07, 6.45) is 7.55. The zero-order valence-corrected chi connectivity index (χ0v) is 34.4. The number of thiophene rings is 1. The minimum atomic E-state index is 0.590. The molecule has 0 unspecified atom stereocenters. The number of nitrogens with two attached hydrogens (primary N) is 1. The monoisotopic (exact) mass is 790 g/mol. The van der Waals surface area contributed by atoms with Gasteiger partial charge in [0.1, 0.15) is 0 Å². The molecule has 0 aliphatic rings. The van der Waals surface area contributed by atoms with Gasteiger partial charge in [0.25, 0.3) is 0 Å². The van der Waals surface area contributed by atoms with Crippen molar-refractivity contribution in [3.63, 3.8) is 0 Å². The highest BCUT2D eigenvalue weighted by atomic mass is 32.1. The van der Waals surface area contributed by atoms with E-state index in [4.69, 9.17) is 15.7 Å². The van der Waals surface area contributed by atoms with Crippen LogP contribution >= 0.6 is 11.3 Å². The van der Waals surface area contributed by atoms with E-state index in [1.807, 2.05) is 54.7 Å². The summed E-state index contributed by atoms with van der Waals surface area (Å²) in [6, 6.07) is 50.8. The number of pyridine rings is 1. The maximum absolute atomic E-state index is 5.60. The van der Waals surface area contributed by atoms with Crippen LogP contribution in [-0.4, -0.2) is 15.0 Å². The van der Waals surface area contributed by atoms with Crippen molar-refractivity contribution in [3.05, 3.63) is 210 Å². The molecule has 0 aliphatic heterocycles. The summed E-state index contributed by atoms with van der Waals surface area (Å²) in [5, 5.41) is 9.45. The molecule has 0 fully saturated rings. The fourth-order valence-electron chi connectivity index (χ4n) is 8.01. The molecule has 5 heteroatoms. The molecule has 0 saturated carbocycles. The number of aryl methyl sites for hydroxylation is 1. The van der Waals surface area contributed by atoms with E-state index < -0.39 is 0 Å². The Morgan fingerprint density at radius 2 is 1.38 bits per heavy atom. The highest BCUT2D eigenvalue weighted by molar-refractivity contribution is 7.26. The number of nitrogens with zero attached hydrogens (tertiary/aromatic N) is 3. The highest BCUT2D eigenvalue weighted by Gasteiger charge is 2.18. The first-order chi connectivity index (χ1) is 29.3. The third-order valence-electron chi connectivity index (χ3n) is 11.1. The molecule has 288 valence electrons. The van der Waals surface area contributed by atoms with Gasteiger partial charge >= 0.3 is 0 Å². The van der Waals surface area contributed by atoms with E-state index in [0.717, 1.165) is 60.2 Å². The standard InChI is InChI=1S/C42H30N2S.C13H12N2/c1-5-10-29-19-22-32-24-33(23-31-16-15-26(3)37(29)38(31)32)42-43-39(41-40(44-42)35-13-8-9-14-36(35)45-41)30-20-17-28(18-21-30)27(4)34-12-7-6-11-25(34)2;1-10(14)11-4-6-12(7-5-11)13-3-2-8-15-9-13/h5-24H,1-2H2,3-4H3;2-9H,1,14H2/b29-10-,34-27+;. The summed E-state index contributed by atoms with van der Waals surface area (Å²) in [5.41, 5.74) is 17.1. The SMILES string of the molecule is C=C(N)c1ccc(-c2cccnc2)cc1.C=C/C=c1/ccc2cc(-c3nc(-c4ccc(/C(C)=c5\ccccc5=C)cc4)c4sc5ccccc5c4n3)cc3ccc(C)c1c32. The molecule has 0 bridgehead atoms. The second-order valence-electron chi connectivity index (χ2n) is 15.0. The van der Waals surface area contributed by atoms with Gasteiger partial charge in [-0.2, -0.15) is 0 Å². The Morgan fingerprint density at radius 3 is 2.10 bits per heavy atom. The quantitative estimate of drug-likeness (QED) is 0.182. The van der Waals surface area contributed by atoms with Crippen LogP contribution in [-0.2, 0) is 0 Å². The average Bonchev–Trinajstić information content (AvgIpc) is 3.67. The minimum Gasteiger partial charge on any atom is -0.399 e. The van der Waals surface area contributed by atoms with Crippen molar-refractivity contribution in [1.82, 2.24) is 15.0 Å². The third-order valence-corrected chi connectivity index (χ3v) is 12.3. The van der Waals surface area contributed by atoms with Crippen molar-refractivity contribution in [3.8, 4) is 33.8 Å². The lowest BCUT2D eigenvalue weighted by molar-refractivity contribution is 1.24. The van der Waals surface area contributed by atoms with Gasteiger partial charge in [-0.1, -0.05) is 153 Å². The fraction of sp³-hybridized carbons (Fsp3) is 0.0364. The van der Waals surface area contributed by atoms with Crippen LogP contribution in [0.25, 0.3) is 99.5 Å². The molecule has 4 nitrogen and oxygen atoms in total. The third kappa shape index (κ3) is 7.17. The van der Waals surface area contributed by atoms with Gasteiger partial charge in [0, 0.05) is 39.3 Å². The van der Waals surface area contributed by atoms with Crippen molar-refractivity contribution in [2.45, 2.75) is 13.8 Å². The summed E-state index contributed by atoms with van der Waals surface area (Å²) in [6.45, 7) is 16.2. The van der Waals surface area contributed by atoms with Crippen LogP contribution < -0.4 is 21.4 Å². The molecular weight excluding hydrogens is 749 g/mol. The number of fused-ring (bicyclic) bond motifs is 3. The smallest absolute Gasteiger partial charge is 0.160 e. The maximum atomic E-state index is 5.60. The summed E-state index contributed by atoms with van der Waals surface area (Å²) in [5.74, 6) is 0.736. The van der Waals surface area contributed by atoms with Crippen molar-refractivity contribution in [2.75, 3.05) is 0 Å². The molecule has 3 aromatic heterocycles. The predicted molar refractivity (Wildman–Crippen MR) is 258 cm³/mol. The van der Waals surface area contributed by atoms with Crippen LogP contribution in [0.2, 0.25) is 0 Å². The summed E-state index contributed by atoms with van der Waals surface area (Å²) >= 11 is 1.76. The lowest BCUT2D eigenvalue weighted by Crippen LogP contribution is -2.24.